The molecular weight excluding hydrogens is 304 g/mol. The van der Waals surface area contributed by atoms with Gasteiger partial charge >= 0.3 is 0 Å². The quantitative estimate of drug-likeness (QED) is 0.428. The van der Waals surface area contributed by atoms with Crippen LogP contribution in [0.25, 0.3) is 0 Å². The maximum absolute atomic E-state index is 12.0. The van der Waals surface area contributed by atoms with Gasteiger partial charge in [-0.25, -0.2) is 8.42 Å². The molecule has 1 saturated heterocycles. The van der Waals surface area contributed by atoms with Crippen LogP contribution in [-0.2, 0) is 10.0 Å². The molecule has 2 aliphatic rings. The lowest BCUT2D eigenvalue weighted by molar-refractivity contribution is 0.311. The average Bonchev–Trinajstić information content (AvgIpc) is 3.34. The molecule has 0 unspecified atom stereocenters. The molecule has 7 nitrogen and oxygen atoms in total. The Bertz CT molecular complexity index is 664. The molecule has 1 aromatic heterocycles. The van der Waals surface area contributed by atoms with E-state index in [1.54, 1.807) is 12.1 Å². The Hall–Kier alpha value is -1.67. The summed E-state index contributed by atoms with van der Waals surface area (Å²) in [6, 6.07) is 3.25. The Morgan fingerprint density at radius 2 is 2.05 bits per heavy atom. The van der Waals surface area contributed by atoms with Gasteiger partial charge in [0.05, 0.1) is 16.6 Å². The minimum Gasteiger partial charge on any atom is -0.411 e. The van der Waals surface area contributed by atoms with E-state index in [1.165, 1.54) is 6.20 Å². The zero-order valence-electron chi connectivity index (χ0n) is 12.2. The highest BCUT2D eigenvalue weighted by Crippen LogP contribution is 2.30. The highest BCUT2D eigenvalue weighted by atomic mass is 32.2. The first-order valence-electron chi connectivity index (χ1n) is 7.51. The SMILES string of the molecule is O=S(=O)(Nc1ccnc(/C(=N/O)C2CCNCC2)c1)C1CC1. The minimum atomic E-state index is -3.30. The Kier molecular flexibility index (Phi) is 4.30. The molecular formula is C14H20N4O3S. The first-order chi connectivity index (χ1) is 10.6. The summed E-state index contributed by atoms with van der Waals surface area (Å²) in [5.74, 6) is 0.133. The molecule has 1 aliphatic heterocycles. The van der Waals surface area contributed by atoms with Gasteiger partial charge in [0, 0.05) is 12.1 Å². The van der Waals surface area contributed by atoms with E-state index < -0.39 is 10.0 Å². The van der Waals surface area contributed by atoms with Crippen molar-refractivity contribution < 1.29 is 13.6 Å². The van der Waals surface area contributed by atoms with Crippen LogP contribution < -0.4 is 10.0 Å². The third-order valence-corrected chi connectivity index (χ3v) is 5.95. The number of nitrogens with one attached hydrogen (secondary N) is 2. The van der Waals surface area contributed by atoms with E-state index in [0.717, 1.165) is 25.9 Å². The third kappa shape index (κ3) is 3.38. The number of hydrogen-bond acceptors (Lipinski definition) is 6. The number of aromatic nitrogens is 1. The van der Waals surface area contributed by atoms with E-state index in [9.17, 15) is 13.6 Å². The minimum absolute atomic E-state index is 0.133. The molecule has 3 rings (SSSR count). The lowest BCUT2D eigenvalue weighted by Crippen LogP contribution is -2.32. The van der Waals surface area contributed by atoms with Crippen LogP contribution >= 0.6 is 0 Å². The largest absolute Gasteiger partial charge is 0.411 e. The Morgan fingerprint density at radius 3 is 2.68 bits per heavy atom. The van der Waals surface area contributed by atoms with E-state index in [-0.39, 0.29) is 11.2 Å². The molecule has 120 valence electrons. The summed E-state index contributed by atoms with van der Waals surface area (Å²) < 4.78 is 26.6. The van der Waals surface area contributed by atoms with E-state index in [1.807, 2.05) is 0 Å². The average molecular weight is 324 g/mol. The van der Waals surface area contributed by atoms with Crippen molar-refractivity contribution in [2.24, 2.45) is 11.1 Å². The number of piperidine rings is 1. The van der Waals surface area contributed by atoms with Crippen molar-refractivity contribution in [3.05, 3.63) is 24.0 Å². The van der Waals surface area contributed by atoms with Gasteiger partial charge in [0.1, 0.15) is 5.71 Å². The van der Waals surface area contributed by atoms with Gasteiger partial charge in [0.25, 0.3) is 0 Å². The predicted molar refractivity (Wildman–Crippen MR) is 83.7 cm³/mol. The number of oxime groups is 1. The number of anilines is 1. The molecule has 1 aliphatic carbocycles. The molecule has 0 radical (unpaired) electrons. The van der Waals surface area contributed by atoms with Crippen molar-refractivity contribution in [1.82, 2.24) is 10.3 Å². The van der Waals surface area contributed by atoms with Crippen molar-refractivity contribution in [2.45, 2.75) is 30.9 Å². The van der Waals surface area contributed by atoms with Gasteiger partial charge < -0.3 is 10.5 Å². The topological polar surface area (TPSA) is 104 Å². The van der Waals surface area contributed by atoms with Gasteiger partial charge in [-0.1, -0.05) is 5.16 Å². The summed E-state index contributed by atoms with van der Waals surface area (Å²) in [5, 5.41) is 15.7. The fourth-order valence-electron chi connectivity index (χ4n) is 2.70. The smallest absolute Gasteiger partial charge is 0.235 e. The highest BCUT2D eigenvalue weighted by molar-refractivity contribution is 7.93. The van der Waals surface area contributed by atoms with Crippen molar-refractivity contribution in [2.75, 3.05) is 17.8 Å². The van der Waals surface area contributed by atoms with Crippen molar-refractivity contribution in [3.8, 4) is 0 Å². The Balaban J connectivity index is 1.80. The van der Waals surface area contributed by atoms with E-state index in [0.29, 0.717) is 29.9 Å². The normalized spacial score (nSPS) is 20.8. The molecule has 8 heteroatoms. The van der Waals surface area contributed by atoms with Crippen LogP contribution in [0.15, 0.2) is 23.5 Å². The Labute approximate surface area is 129 Å². The highest BCUT2D eigenvalue weighted by Gasteiger charge is 2.35. The predicted octanol–water partition coefficient (Wildman–Crippen LogP) is 1.16. The van der Waals surface area contributed by atoms with Gasteiger partial charge in [0.2, 0.25) is 10.0 Å². The molecule has 0 spiro atoms. The molecule has 1 saturated carbocycles. The van der Waals surface area contributed by atoms with Gasteiger partial charge in [-0.3, -0.25) is 9.71 Å². The van der Waals surface area contributed by atoms with E-state index in [4.69, 9.17) is 0 Å². The maximum Gasteiger partial charge on any atom is 0.235 e. The lowest BCUT2D eigenvalue weighted by Gasteiger charge is -2.23. The molecule has 0 amide bonds. The summed E-state index contributed by atoms with van der Waals surface area (Å²) in [4.78, 5) is 4.23. The molecule has 1 aromatic rings. The third-order valence-electron chi connectivity index (χ3n) is 4.08. The monoisotopic (exact) mass is 324 g/mol. The molecule has 0 aromatic carbocycles. The molecule has 2 heterocycles. The Morgan fingerprint density at radius 1 is 1.32 bits per heavy atom. The molecule has 0 bridgehead atoms. The van der Waals surface area contributed by atoms with Crippen LogP contribution in [0.3, 0.4) is 0 Å². The van der Waals surface area contributed by atoms with Crippen molar-refractivity contribution in [3.63, 3.8) is 0 Å². The fraction of sp³-hybridized carbons (Fsp3) is 0.571. The number of nitrogens with zero attached hydrogens (tertiary/aromatic N) is 2. The van der Waals surface area contributed by atoms with Gasteiger partial charge in [-0.2, -0.15) is 0 Å². The standard InChI is InChI=1S/C14H20N4O3S/c19-17-14(10-3-6-15-7-4-10)13-9-11(5-8-16-13)18-22(20,21)12-1-2-12/h5,8-10,12,15,19H,1-4,6-7H2,(H,16,18)/b17-14+. The molecule has 0 atom stereocenters. The maximum atomic E-state index is 12.0. The summed E-state index contributed by atoms with van der Waals surface area (Å²) >= 11 is 0. The zero-order valence-corrected chi connectivity index (χ0v) is 13.0. The second-order valence-electron chi connectivity index (χ2n) is 5.79. The summed E-state index contributed by atoms with van der Waals surface area (Å²) in [5.41, 5.74) is 1.51. The number of hydrogen-bond donors (Lipinski definition) is 3. The van der Waals surface area contributed by atoms with Crippen LogP contribution in [0.5, 0.6) is 0 Å². The molecule has 3 N–H and O–H groups in total. The number of sulfonamides is 1. The fourth-order valence-corrected chi connectivity index (χ4v) is 4.08. The first kappa shape index (κ1) is 15.2. The summed E-state index contributed by atoms with van der Waals surface area (Å²) in [7, 11) is -3.30. The van der Waals surface area contributed by atoms with E-state index >= 15 is 0 Å². The van der Waals surface area contributed by atoms with Crippen LogP contribution in [0.4, 0.5) is 5.69 Å². The zero-order chi connectivity index (χ0) is 15.6. The van der Waals surface area contributed by atoms with Crippen LogP contribution in [0.1, 0.15) is 31.4 Å². The van der Waals surface area contributed by atoms with Gasteiger partial charge in [-0.05, 0) is 50.9 Å². The number of rotatable bonds is 5. The van der Waals surface area contributed by atoms with Crippen LogP contribution in [0, 0.1) is 5.92 Å². The second kappa shape index (κ2) is 6.21. The van der Waals surface area contributed by atoms with Crippen LogP contribution in [-0.4, -0.2) is 42.7 Å². The van der Waals surface area contributed by atoms with Crippen molar-refractivity contribution >= 4 is 21.4 Å². The van der Waals surface area contributed by atoms with Crippen LogP contribution in [0.2, 0.25) is 0 Å². The number of pyridine rings is 1. The van der Waals surface area contributed by atoms with Gasteiger partial charge in [0.15, 0.2) is 0 Å². The molecule has 2 fully saturated rings. The second-order valence-corrected chi connectivity index (χ2v) is 7.75. The molecule has 22 heavy (non-hydrogen) atoms. The summed E-state index contributed by atoms with van der Waals surface area (Å²) in [6.07, 6.45) is 4.71. The van der Waals surface area contributed by atoms with Gasteiger partial charge in [-0.15, -0.1) is 0 Å². The summed E-state index contributed by atoms with van der Waals surface area (Å²) in [6.45, 7) is 1.75. The van der Waals surface area contributed by atoms with Crippen molar-refractivity contribution in [1.29, 1.82) is 0 Å². The van der Waals surface area contributed by atoms with E-state index in [2.05, 4.69) is 20.2 Å². The lowest BCUT2D eigenvalue weighted by atomic mass is 9.91. The first-order valence-corrected chi connectivity index (χ1v) is 9.05.